The van der Waals surface area contributed by atoms with Crippen molar-refractivity contribution >= 4 is 27.8 Å². The number of ether oxygens (including phenoxy) is 1. The number of nitrogens with one attached hydrogen (secondary N) is 1. The van der Waals surface area contributed by atoms with Crippen LogP contribution in [-0.4, -0.2) is 30.1 Å². The van der Waals surface area contributed by atoms with Gasteiger partial charge in [0.25, 0.3) is 5.91 Å². The largest absolute Gasteiger partial charge is 0.484 e. The molecule has 1 rings (SSSR count). The zero-order valence-corrected chi connectivity index (χ0v) is 12.1. The molecule has 0 aliphatic carbocycles. The third-order valence-corrected chi connectivity index (χ3v) is 2.83. The average Bonchev–Trinajstić information content (AvgIpc) is 2.33. The van der Waals surface area contributed by atoms with Gasteiger partial charge in [0.05, 0.1) is 0 Å². The van der Waals surface area contributed by atoms with Crippen LogP contribution in [-0.2, 0) is 9.59 Å². The lowest BCUT2D eigenvalue weighted by atomic mass is 10.1. The van der Waals surface area contributed by atoms with E-state index >= 15 is 0 Å². The number of hydrogen-bond donors (Lipinski definition) is 2. The molecule has 0 saturated heterocycles. The summed E-state index contributed by atoms with van der Waals surface area (Å²) in [7, 11) is 0. The van der Waals surface area contributed by atoms with Gasteiger partial charge in [-0.05, 0) is 24.1 Å². The molecule has 1 aromatic rings. The van der Waals surface area contributed by atoms with E-state index in [1.807, 2.05) is 12.1 Å². The highest BCUT2D eigenvalue weighted by atomic mass is 79.9. The maximum atomic E-state index is 11.5. The summed E-state index contributed by atoms with van der Waals surface area (Å²) >= 11 is 3.31. The number of rotatable bonds is 7. The van der Waals surface area contributed by atoms with Gasteiger partial charge in [-0.3, -0.25) is 9.59 Å². The molecular formula is C13H16BrNO4. The van der Waals surface area contributed by atoms with Crippen molar-refractivity contribution in [2.24, 2.45) is 5.92 Å². The van der Waals surface area contributed by atoms with Crippen LogP contribution < -0.4 is 10.1 Å². The maximum absolute atomic E-state index is 11.5. The Balaban J connectivity index is 2.26. The molecule has 0 radical (unpaired) electrons. The van der Waals surface area contributed by atoms with Crippen LogP contribution in [0.4, 0.5) is 0 Å². The van der Waals surface area contributed by atoms with Crippen molar-refractivity contribution in [2.45, 2.75) is 13.3 Å². The van der Waals surface area contributed by atoms with E-state index in [0.29, 0.717) is 12.3 Å². The normalized spacial score (nSPS) is 11.7. The summed E-state index contributed by atoms with van der Waals surface area (Å²) in [5.74, 6) is -0.639. The van der Waals surface area contributed by atoms with Crippen LogP contribution in [0.5, 0.6) is 5.75 Å². The highest BCUT2D eigenvalue weighted by Gasteiger charge is 2.09. The first-order chi connectivity index (χ1) is 8.97. The monoisotopic (exact) mass is 329 g/mol. The van der Waals surface area contributed by atoms with Gasteiger partial charge < -0.3 is 15.2 Å². The summed E-state index contributed by atoms with van der Waals surface area (Å²) in [6.45, 7) is 2.01. The molecule has 0 aliphatic heterocycles. The van der Waals surface area contributed by atoms with Crippen LogP contribution in [0, 0.1) is 5.92 Å². The molecule has 1 amide bonds. The van der Waals surface area contributed by atoms with E-state index in [1.165, 1.54) is 0 Å². The van der Waals surface area contributed by atoms with Crippen LogP contribution in [0.25, 0.3) is 0 Å². The number of carboxylic acid groups (broad SMARTS) is 1. The molecule has 5 nitrogen and oxygen atoms in total. The zero-order chi connectivity index (χ0) is 14.3. The molecule has 19 heavy (non-hydrogen) atoms. The molecule has 0 aliphatic rings. The second-order valence-electron chi connectivity index (χ2n) is 4.25. The summed E-state index contributed by atoms with van der Waals surface area (Å²) in [4.78, 5) is 22.0. The fraction of sp³-hybridized carbons (Fsp3) is 0.385. The number of carboxylic acids is 1. The molecule has 0 bridgehead atoms. The number of carbonyl (C=O) groups excluding carboxylic acids is 1. The van der Waals surface area contributed by atoms with Crippen molar-refractivity contribution in [1.29, 1.82) is 0 Å². The molecule has 0 saturated carbocycles. The van der Waals surface area contributed by atoms with Crippen LogP contribution >= 0.6 is 15.9 Å². The standard InChI is InChI=1S/C13H16BrNO4/c1-9(5-13(17)18)7-15-12(16)8-19-11-4-2-3-10(14)6-11/h2-4,6,9H,5,7-8H2,1H3,(H,15,16)(H,17,18). The van der Waals surface area contributed by atoms with Crippen molar-refractivity contribution in [2.75, 3.05) is 13.2 Å². The fourth-order valence-electron chi connectivity index (χ4n) is 1.42. The van der Waals surface area contributed by atoms with E-state index in [2.05, 4.69) is 21.2 Å². The summed E-state index contributed by atoms with van der Waals surface area (Å²) < 4.78 is 6.18. The molecule has 0 aromatic heterocycles. The third-order valence-electron chi connectivity index (χ3n) is 2.34. The molecule has 1 aromatic carbocycles. The lowest BCUT2D eigenvalue weighted by Gasteiger charge is -2.11. The highest BCUT2D eigenvalue weighted by Crippen LogP contribution is 2.17. The summed E-state index contributed by atoms with van der Waals surface area (Å²) in [5, 5.41) is 11.2. The summed E-state index contributed by atoms with van der Waals surface area (Å²) in [6.07, 6.45) is 0.0345. The molecule has 2 N–H and O–H groups in total. The maximum Gasteiger partial charge on any atom is 0.303 e. The van der Waals surface area contributed by atoms with Crippen LogP contribution in [0.2, 0.25) is 0 Å². The highest BCUT2D eigenvalue weighted by molar-refractivity contribution is 9.10. The molecule has 1 atom stereocenters. The van der Waals surface area contributed by atoms with Gasteiger partial charge in [-0.15, -0.1) is 0 Å². The Labute approximate surface area is 120 Å². The molecule has 0 heterocycles. The summed E-state index contributed by atoms with van der Waals surface area (Å²) in [5.41, 5.74) is 0. The number of carbonyl (C=O) groups is 2. The van der Waals surface area contributed by atoms with Gasteiger partial charge in [-0.1, -0.05) is 28.9 Å². The Morgan fingerprint density at radius 3 is 2.84 bits per heavy atom. The Morgan fingerprint density at radius 2 is 2.21 bits per heavy atom. The van der Waals surface area contributed by atoms with Crippen molar-refractivity contribution in [3.63, 3.8) is 0 Å². The molecule has 6 heteroatoms. The van der Waals surface area contributed by atoms with E-state index in [-0.39, 0.29) is 24.9 Å². The van der Waals surface area contributed by atoms with Gasteiger partial charge in [0.2, 0.25) is 0 Å². The second kappa shape index (κ2) is 7.78. The van der Waals surface area contributed by atoms with E-state index in [1.54, 1.807) is 19.1 Å². The summed E-state index contributed by atoms with van der Waals surface area (Å²) in [6, 6.07) is 7.19. The minimum absolute atomic E-state index is 0.0345. The zero-order valence-electron chi connectivity index (χ0n) is 10.6. The van der Waals surface area contributed by atoms with Gasteiger partial charge in [0.15, 0.2) is 6.61 Å². The fourth-order valence-corrected chi connectivity index (χ4v) is 1.79. The lowest BCUT2D eigenvalue weighted by molar-refractivity contribution is -0.138. The molecular weight excluding hydrogens is 314 g/mol. The first kappa shape index (κ1) is 15.5. The van der Waals surface area contributed by atoms with Crippen LogP contribution in [0.15, 0.2) is 28.7 Å². The van der Waals surface area contributed by atoms with Crippen molar-refractivity contribution < 1.29 is 19.4 Å². The van der Waals surface area contributed by atoms with Crippen LogP contribution in [0.1, 0.15) is 13.3 Å². The predicted octanol–water partition coefficient (Wildman–Crippen LogP) is 2.05. The Hall–Kier alpha value is -1.56. The average molecular weight is 330 g/mol. The van der Waals surface area contributed by atoms with E-state index in [0.717, 1.165) is 4.47 Å². The number of aliphatic carboxylic acids is 1. The van der Waals surface area contributed by atoms with Gasteiger partial charge in [0, 0.05) is 17.4 Å². The van der Waals surface area contributed by atoms with E-state index in [4.69, 9.17) is 9.84 Å². The van der Waals surface area contributed by atoms with Gasteiger partial charge in [0.1, 0.15) is 5.75 Å². The second-order valence-corrected chi connectivity index (χ2v) is 5.17. The Bertz CT molecular complexity index is 450. The van der Waals surface area contributed by atoms with Crippen molar-refractivity contribution in [3.05, 3.63) is 28.7 Å². The Morgan fingerprint density at radius 1 is 1.47 bits per heavy atom. The quantitative estimate of drug-likeness (QED) is 0.802. The topological polar surface area (TPSA) is 75.6 Å². The number of halogens is 1. The van der Waals surface area contributed by atoms with Crippen molar-refractivity contribution in [3.8, 4) is 5.75 Å². The SMILES string of the molecule is CC(CNC(=O)COc1cccc(Br)c1)CC(=O)O. The van der Waals surface area contributed by atoms with E-state index < -0.39 is 5.97 Å². The third kappa shape index (κ3) is 6.81. The number of hydrogen-bond acceptors (Lipinski definition) is 3. The first-order valence-electron chi connectivity index (χ1n) is 5.84. The van der Waals surface area contributed by atoms with E-state index in [9.17, 15) is 9.59 Å². The minimum Gasteiger partial charge on any atom is -0.484 e. The molecule has 104 valence electrons. The van der Waals surface area contributed by atoms with Crippen LogP contribution in [0.3, 0.4) is 0 Å². The predicted molar refractivity (Wildman–Crippen MR) is 74.1 cm³/mol. The van der Waals surface area contributed by atoms with Gasteiger partial charge in [-0.25, -0.2) is 0 Å². The smallest absolute Gasteiger partial charge is 0.303 e. The number of benzene rings is 1. The Kier molecular flexibility index (Phi) is 6.35. The lowest BCUT2D eigenvalue weighted by Crippen LogP contribution is -2.33. The molecule has 0 spiro atoms. The molecule has 1 unspecified atom stereocenters. The molecule has 0 fully saturated rings. The van der Waals surface area contributed by atoms with Crippen molar-refractivity contribution in [1.82, 2.24) is 5.32 Å². The first-order valence-corrected chi connectivity index (χ1v) is 6.63. The minimum atomic E-state index is -0.868. The number of amides is 1. The van der Waals surface area contributed by atoms with Gasteiger partial charge >= 0.3 is 5.97 Å². The van der Waals surface area contributed by atoms with Gasteiger partial charge in [-0.2, -0.15) is 0 Å².